The van der Waals surface area contributed by atoms with Gasteiger partial charge in [-0.25, -0.2) is 4.79 Å². The van der Waals surface area contributed by atoms with Crippen LogP contribution in [0.4, 0.5) is 0 Å². The van der Waals surface area contributed by atoms with Crippen LogP contribution in [0.2, 0.25) is 0 Å². The molecule has 27 heavy (non-hydrogen) atoms. The van der Waals surface area contributed by atoms with Gasteiger partial charge < -0.3 is 14.9 Å². The second-order valence-corrected chi connectivity index (χ2v) is 8.48. The lowest BCUT2D eigenvalue weighted by atomic mass is 9.56. The maximum atomic E-state index is 11.9. The summed E-state index contributed by atoms with van der Waals surface area (Å²) in [6, 6.07) is 4.17. The highest BCUT2D eigenvalue weighted by molar-refractivity contribution is 5.92. The van der Waals surface area contributed by atoms with E-state index in [-0.39, 0.29) is 17.3 Å². The molecule has 0 aromatic heterocycles. The summed E-state index contributed by atoms with van der Waals surface area (Å²) < 4.78 is 5.27. The van der Waals surface area contributed by atoms with Crippen molar-refractivity contribution in [1.82, 2.24) is 0 Å². The first-order valence-electron chi connectivity index (χ1n) is 10.4. The summed E-state index contributed by atoms with van der Waals surface area (Å²) in [5.41, 5.74) is 4.50. The summed E-state index contributed by atoms with van der Waals surface area (Å²) in [4.78, 5) is 11.9. The fourth-order valence-corrected chi connectivity index (χ4v) is 5.32. The van der Waals surface area contributed by atoms with Crippen LogP contribution in [0.3, 0.4) is 0 Å². The molecule has 3 unspecified atom stereocenters. The predicted octanol–water partition coefficient (Wildman–Crippen LogP) is 4.33. The third-order valence-corrected chi connectivity index (χ3v) is 6.99. The van der Waals surface area contributed by atoms with Crippen molar-refractivity contribution < 1.29 is 19.7 Å². The number of aliphatic hydroxyl groups is 1. The Morgan fingerprint density at radius 1 is 1.26 bits per heavy atom. The number of carbonyl (C=O) groups excluding carboxylic acids is 1. The Morgan fingerprint density at radius 3 is 2.70 bits per heavy atom. The molecule has 146 valence electrons. The molecule has 0 saturated heterocycles. The van der Waals surface area contributed by atoms with E-state index in [1.165, 1.54) is 12.8 Å². The molecule has 1 aromatic rings. The van der Waals surface area contributed by atoms with Gasteiger partial charge >= 0.3 is 5.97 Å². The molecule has 1 aliphatic heterocycles. The SMILES string of the molecule is CC.CC12CCC3=C(COC3=O)C1CC(O)c1c2ccc(CC2CC2)c1O. The number of hydrogen-bond donors (Lipinski definition) is 2. The average molecular weight is 370 g/mol. The third kappa shape index (κ3) is 2.80. The van der Waals surface area contributed by atoms with E-state index >= 15 is 0 Å². The first-order valence-corrected chi connectivity index (χ1v) is 10.4. The van der Waals surface area contributed by atoms with Crippen molar-refractivity contribution in [2.24, 2.45) is 11.8 Å². The topological polar surface area (TPSA) is 66.8 Å². The summed E-state index contributed by atoms with van der Waals surface area (Å²) >= 11 is 0. The molecule has 0 radical (unpaired) electrons. The van der Waals surface area contributed by atoms with E-state index in [0.717, 1.165) is 47.1 Å². The molecule has 3 aliphatic carbocycles. The summed E-state index contributed by atoms with van der Waals surface area (Å²) in [6.45, 7) is 6.58. The number of cyclic esters (lactones) is 1. The van der Waals surface area contributed by atoms with Crippen LogP contribution in [0.25, 0.3) is 0 Å². The van der Waals surface area contributed by atoms with Gasteiger partial charge in [0, 0.05) is 16.6 Å². The van der Waals surface area contributed by atoms with Gasteiger partial charge in [-0.2, -0.15) is 0 Å². The normalized spacial score (nSPS) is 31.3. The largest absolute Gasteiger partial charge is 0.507 e. The standard InChI is InChI=1S/C21H24O4.C2H6/c1-21-7-6-13-14(10-25-20(13)24)16(21)9-17(22)18-15(21)5-4-12(19(18)23)8-11-2-3-11;1-2/h4-5,11,16-17,22-23H,2-3,6-10H2,1H3;1-2H3. The minimum atomic E-state index is -0.685. The molecular weight excluding hydrogens is 340 g/mol. The number of benzene rings is 1. The molecular formula is C23H30O4. The van der Waals surface area contributed by atoms with E-state index < -0.39 is 6.10 Å². The van der Waals surface area contributed by atoms with Crippen molar-refractivity contribution in [3.8, 4) is 5.75 Å². The minimum Gasteiger partial charge on any atom is -0.507 e. The van der Waals surface area contributed by atoms with E-state index in [9.17, 15) is 15.0 Å². The molecule has 4 aliphatic rings. The van der Waals surface area contributed by atoms with Crippen LogP contribution in [0.15, 0.2) is 23.3 Å². The number of phenols is 1. The summed E-state index contributed by atoms with van der Waals surface area (Å²) in [7, 11) is 0. The van der Waals surface area contributed by atoms with Crippen LogP contribution >= 0.6 is 0 Å². The lowest BCUT2D eigenvalue weighted by Crippen LogP contribution is -2.42. The van der Waals surface area contributed by atoms with Gasteiger partial charge in [0.2, 0.25) is 0 Å². The first-order chi connectivity index (χ1) is 13.0. The molecule has 4 nitrogen and oxygen atoms in total. The number of carbonyl (C=O) groups is 1. The zero-order chi connectivity index (χ0) is 19.3. The average Bonchev–Trinajstić information content (AvgIpc) is 3.41. The zero-order valence-electron chi connectivity index (χ0n) is 16.5. The van der Waals surface area contributed by atoms with E-state index in [0.29, 0.717) is 24.7 Å². The van der Waals surface area contributed by atoms with Gasteiger partial charge in [-0.15, -0.1) is 0 Å². The number of phenolic OH excluding ortho intramolecular Hbond substituents is 1. The number of fused-ring (bicyclic) bond motifs is 4. The van der Waals surface area contributed by atoms with Gasteiger partial charge in [0.25, 0.3) is 0 Å². The smallest absolute Gasteiger partial charge is 0.334 e. The molecule has 1 heterocycles. The van der Waals surface area contributed by atoms with Crippen LogP contribution in [-0.4, -0.2) is 22.8 Å². The third-order valence-electron chi connectivity index (χ3n) is 6.99. The second-order valence-electron chi connectivity index (χ2n) is 8.48. The minimum absolute atomic E-state index is 0.110. The number of rotatable bonds is 2. The first kappa shape index (κ1) is 18.5. The highest BCUT2D eigenvalue weighted by Gasteiger charge is 2.51. The number of hydrogen-bond acceptors (Lipinski definition) is 4. The molecule has 0 bridgehead atoms. The van der Waals surface area contributed by atoms with E-state index in [1.807, 2.05) is 19.9 Å². The van der Waals surface area contributed by atoms with Gasteiger partial charge in [0.15, 0.2) is 0 Å². The van der Waals surface area contributed by atoms with Crippen molar-refractivity contribution in [1.29, 1.82) is 0 Å². The summed E-state index contributed by atoms with van der Waals surface area (Å²) in [5.74, 6) is 0.922. The molecule has 2 N–H and O–H groups in total. The molecule has 1 aromatic carbocycles. The van der Waals surface area contributed by atoms with Gasteiger partial charge in [-0.1, -0.05) is 32.9 Å². The molecule has 5 rings (SSSR count). The van der Waals surface area contributed by atoms with Gasteiger partial charge in [-0.3, -0.25) is 0 Å². The Labute approximate surface area is 161 Å². The number of ether oxygens (including phenoxy) is 1. The monoisotopic (exact) mass is 370 g/mol. The zero-order valence-corrected chi connectivity index (χ0v) is 16.5. The summed E-state index contributed by atoms with van der Waals surface area (Å²) in [6.07, 6.45) is 4.83. The van der Waals surface area contributed by atoms with Crippen LogP contribution < -0.4 is 0 Å². The Kier molecular flexibility index (Phi) is 4.58. The molecule has 3 atom stereocenters. The highest BCUT2D eigenvalue weighted by Crippen LogP contribution is 2.57. The maximum Gasteiger partial charge on any atom is 0.334 e. The van der Waals surface area contributed by atoms with Crippen molar-refractivity contribution in [2.45, 2.75) is 70.8 Å². The van der Waals surface area contributed by atoms with Crippen molar-refractivity contribution >= 4 is 5.97 Å². The highest BCUT2D eigenvalue weighted by atomic mass is 16.5. The lowest BCUT2D eigenvalue weighted by Gasteiger charge is -2.48. The van der Waals surface area contributed by atoms with Crippen LogP contribution in [0.5, 0.6) is 5.75 Å². The summed E-state index contributed by atoms with van der Waals surface area (Å²) in [5, 5.41) is 21.7. The molecule has 4 heteroatoms. The number of esters is 1. The molecule has 0 spiro atoms. The quantitative estimate of drug-likeness (QED) is 0.761. The fraction of sp³-hybridized carbons (Fsp3) is 0.609. The van der Waals surface area contributed by atoms with Gasteiger partial charge in [-0.05, 0) is 67.1 Å². The van der Waals surface area contributed by atoms with E-state index in [1.54, 1.807) is 0 Å². The van der Waals surface area contributed by atoms with Crippen LogP contribution in [0, 0.1) is 11.8 Å². The van der Waals surface area contributed by atoms with Crippen LogP contribution in [0.1, 0.15) is 75.7 Å². The van der Waals surface area contributed by atoms with Crippen molar-refractivity contribution in [3.05, 3.63) is 40.0 Å². The van der Waals surface area contributed by atoms with Gasteiger partial charge in [0.1, 0.15) is 12.4 Å². The van der Waals surface area contributed by atoms with Crippen LogP contribution in [-0.2, 0) is 21.4 Å². The van der Waals surface area contributed by atoms with Crippen molar-refractivity contribution in [2.75, 3.05) is 6.61 Å². The number of aromatic hydroxyl groups is 1. The Hall–Kier alpha value is -1.81. The Morgan fingerprint density at radius 2 is 2.00 bits per heavy atom. The Balaban J connectivity index is 0.000000872. The maximum absolute atomic E-state index is 11.9. The lowest BCUT2D eigenvalue weighted by molar-refractivity contribution is -0.136. The second kappa shape index (κ2) is 6.66. The fourth-order valence-electron chi connectivity index (χ4n) is 5.32. The van der Waals surface area contributed by atoms with E-state index in [4.69, 9.17) is 4.74 Å². The number of aliphatic hydroxyl groups excluding tert-OH is 1. The Bertz CT molecular complexity index is 805. The molecule has 1 fully saturated rings. The van der Waals surface area contributed by atoms with Gasteiger partial charge in [0.05, 0.1) is 6.10 Å². The molecule has 1 saturated carbocycles. The molecule has 0 amide bonds. The van der Waals surface area contributed by atoms with Crippen molar-refractivity contribution in [3.63, 3.8) is 0 Å². The van der Waals surface area contributed by atoms with E-state index in [2.05, 4.69) is 13.0 Å². The predicted molar refractivity (Wildman–Crippen MR) is 104 cm³/mol.